The normalized spacial score (nSPS) is 18.5. The molecule has 0 unspecified atom stereocenters. The minimum absolute atomic E-state index is 0.0667. The fourth-order valence-electron chi connectivity index (χ4n) is 6.01. The lowest BCUT2D eigenvalue weighted by Crippen LogP contribution is -2.64. The van der Waals surface area contributed by atoms with E-state index in [0.717, 1.165) is 6.08 Å². The summed E-state index contributed by atoms with van der Waals surface area (Å²) in [5.41, 5.74) is 1.03. The number of benzene rings is 5. The average molecular weight is 821 g/mol. The molecular weight excluding hydrogens is 784 g/mol. The summed E-state index contributed by atoms with van der Waals surface area (Å²) in [6.45, 7) is -0.566. The second-order valence-electron chi connectivity index (χ2n) is 12.7. The van der Waals surface area contributed by atoms with E-state index in [9.17, 15) is 24.0 Å². The molecule has 302 valence electrons. The first-order chi connectivity index (χ1) is 28.6. The average Bonchev–Trinajstić information content (AvgIpc) is 3.27. The molecule has 5 aromatic carbocycles. The third-order valence-corrected chi connectivity index (χ3v) is 8.99. The molecule has 59 heavy (non-hydrogen) atoms. The molecule has 1 saturated heterocycles. The van der Waals surface area contributed by atoms with E-state index in [-0.39, 0.29) is 39.5 Å². The SMILES string of the molecule is COc1cc(C=CC(=O)Cl)cc(OC)c1O[C@@H]1O[C@H](COC(=O)c2ccccc2)[C@H](OC(=O)c2ccccc2)[C@H](OC(=O)c2ccccc2)[C@H]1OC(=O)c1ccccc1. The molecule has 0 saturated carbocycles. The molecule has 1 heterocycles. The van der Waals surface area contributed by atoms with Crippen molar-refractivity contribution in [1.82, 2.24) is 0 Å². The predicted molar refractivity (Wildman–Crippen MR) is 212 cm³/mol. The van der Waals surface area contributed by atoms with Gasteiger partial charge in [-0.15, -0.1) is 0 Å². The van der Waals surface area contributed by atoms with Crippen molar-refractivity contribution >= 4 is 46.8 Å². The molecule has 0 radical (unpaired) electrons. The monoisotopic (exact) mass is 820 g/mol. The zero-order valence-electron chi connectivity index (χ0n) is 31.6. The quantitative estimate of drug-likeness (QED) is 0.0455. The topological polar surface area (TPSA) is 159 Å². The standard InChI is InChI=1S/C45H37ClO13/c1-52-33-25-28(23-24-36(46)47)26-34(53-2)37(33)59-45-40(58-44(51)32-21-13-6-14-22-32)39(57-43(50)31-19-11-5-12-20-31)38(56-42(49)30-17-9-4-10-18-30)35(55-45)27-54-41(48)29-15-7-3-8-16-29/h3-26,35,38-40,45H,27H2,1-2H3/t35-,38+,39+,40-,45+/m1/s1. The van der Waals surface area contributed by atoms with Gasteiger partial charge in [0.05, 0.1) is 36.5 Å². The van der Waals surface area contributed by atoms with Crippen molar-refractivity contribution in [3.63, 3.8) is 0 Å². The number of allylic oxidation sites excluding steroid dienone is 1. The van der Waals surface area contributed by atoms with Gasteiger partial charge in [-0.2, -0.15) is 0 Å². The summed E-state index contributed by atoms with van der Waals surface area (Å²) < 4.78 is 48.2. The molecule has 1 aliphatic rings. The second kappa shape index (κ2) is 19.9. The Labute approximate surface area is 343 Å². The van der Waals surface area contributed by atoms with Gasteiger partial charge < -0.3 is 37.9 Å². The summed E-state index contributed by atoms with van der Waals surface area (Å²) in [4.78, 5) is 66.4. The number of carbonyl (C=O) groups is 5. The van der Waals surface area contributed by atoms with Crippen LogP contribution in [0.25, 0.3) is 6.08 Å². The summed E-state index contributed by atoms with van der Waals surface area (Å²) in [6, 6.07) is 35.1. The number of hydrogen-bond acceptors (Lipinski definition) is 13. The molecule has 14 heteroatoms. The zero-order chi connectivity index (χ0) is 41.7. The molecule has 0 N–H and O–H groups in total. The van der Waals surface area contributed by atoms with Crippen LogP contribution in [0.3, 0.4) is 0 Å². The number of halogens is 1. The molecular formula is C45H37ClO13. The van der Waals surface area contributed by atoms with Crippen LogP contribution < -0.4 is 14.2 Å². The van der Waals surface area contributed by atoms with E-state index < -0.39 is 66.4 Å². The molecule has 0 aromatic heterocycles. The first-order valence-corrected chi connectivity index (χ1v) is 18.5. The van der Waals surface area contributed by atoms with E-state index in [1.165, 1.54) is 68.8 Å². The molecule has 1 aliphatic heterocycles. The maximum absolute atomic E-state index is 13.9. The van der Waals surface area contributed by atoms with E-state index in [2.05, 4.69) is 0 Å². The molecule has 6 rings (SSSR count). The number of hydrogen-bond donors (Lipinski definition) is 0. The van der Waals surface area contributed by atoms with Gasteiger partial charge in [0.15, 0.2) is 23.7 Å². The largest absolute Gasteiger partial charge is 0.493 e. The molecule has 5 aromatic rings. The van der Waals surface area contributed by atoms with Crippen LogP contribution >= 0.6 is 11.6 Å². The van der Waals surface area contributed by atoms with E-state index in [0.29, 0.717) is 5.56 Å². The first-order valence-electron chi connectivity index (χ1n) is 18.1. The number of rotatable bonds is 15. The lowest BCUT2D eigenvalue weighted by molar-refractivity contribution is -0.275. The van der Waals surface area contributed by atoms with Crippen LogP contribution in [-0.4, -0.2) is 80.7 Å². The number of esters is 4. The van der Waals surface area contributed by atoms with Gasteiger partial charge >= 0.3 is 23.9 Å². The smallest absolute Gasteiger partial charge is 0.338 e. The summed E-state index contributed by atoms with van der Waals surface area (Å²) >= 11 is 5.53. The summed E-state index contributed by atoms with van der Waals surface area (Å²) in [5.74, 6) is -3.26. The third kappa shape index (κ3) is 10.7. The van der Waals surface area contributed by atoms with Crippen molar-refractivity contribution in [2.24, 2.45) is 0 Å². The van der Waals surface area contributed by atoms with Gasteiger partial charge in [-0.1, -0.05) is 72.8 Å². The van der Waals surface area contributed by atoms with Gasteiger partial charge in [-0.3, -0.25) is 4.79 Å². The van der Waals surface area contributed by atoms with Crippen LogP contribution in [0.4, 0.5) is 0 Å². The molecule has 1 fully saturated rings. The van der Waals surface area contributed by atoms with E-state index in [4.69, 9.17) is 49.5 Å². The highest BCUT2D eigenvalue weighted by molar-refractivity contribution is 6.66. The zero-order valence-corrected chi connectivity index (χ0v) is 32.4. The van der Waals surface area contributed by atoms with Crippen molar-refractivity contribution < 1.29 is 61.9 Å². The van der Waals surface area contributed by atoms with Crippen LogP contribution in [0.15, 0.2) is 140 Å². The van der Waals surface area contributed by atoms with Gasteiger partial charge in [0.25, 0.3) is 0 Å². The number of carbonyl (C=O) groups excluding carboxylic acids is 5. The highest BCUT2D eigenvalue weighted by Crippen LogP contribution is 2.42. The van der Waals surface area contributed by atoms with Gasteiger partial charge in [-0.25, -0.2) is 19.2 Å². The fraction of sp³-hybridized carbons (Fsp3) is 0.178. The van der Waals surface area contributed by atoms with Gasteiger partial charge in [0.1, 0.15) is 12.7 Å². The van der Waals surface area contributed by atoms with E-state index >= 15 is 0 Å². The van der Waals surface area contributed by atoms with Crippen molar-refractivity contribution in [2.45, 2.75) is 30.7 Å². The van der Waals surface area contributed by atoms with Crippen LogP contribution in [0, 0.1) is 0 Å². The third-order valence-electron chi connectivity index (χ3n) is 8.86. The maximum atomic E-state index is 13.9. The minimum atomic E-state index is -1.70. The Morgan fingerprint density at radius 1 is 0.576 bits per heavy atom. The Balaban J connectivity index is 1.48. The Kier molecular flexibility index (Phi) is 14.1. The highest BCUT2D eigenvalue weighted by Gasteiger charge is 2.54. The van der Waals surface area contributed by atoms with E-state index in [1.54, 1.807) is 84.9 Å². The van der Waals surface area contributed by atoms with Crippen molar-refractivity contribution in [3.8, 4) is 17.2 Å². The molecule has 0 aliphatic carbocycles. The Bertz CT molecular complexity index is 2240. The second-order valence-corrected chi connectivity index (χ2v) is 13.1. The molecule has 13 nitrogen and oxygen atoms in total. The first kappa shape index (κ1) is 41.7. The Morgan fingerprint density at radius 2 is 0.983 bits per heavy atom. The van der Waals surface area contributed by atoms with Crippen molar-refractivity contribution in [2.75, 3.05) is 20.8 Å². The summed E-state index contributed by atoms with van der Waals surface area (Å²) in [7, 11) is 2.71. The number of methoxy groups -OCH3 is 2. The highest BCUT2D eigenvalue weighted by atomic mass is 35.5. The van der Waals surface area contributed by atoms with Crippen LogP contribution in [0.2, 0.25) is 0 Å². The minimum Gasteiger partial charge on any atom is -0.493 e. The molecule has 5 atom stereocenters. The Morgan fingerprint density at radius 3 is 1.41 bits per heavy atom. The van der Waals surface area contributed by atoms with Crippen molar-refractivity contribution in [3.05, 3.63) is 167 Å². The molecule has 0 bridgehead atoms. The van der Waals surface area contributed by atoms with Crippen LogP contribution in [-0.2, 0) is 28.5 Å². The fourth-order valence-corrected chi connectivity index (χ4v) is 6.08. The Hall–Kier alpha value is -6.96. The van der Waals surface area contributed by atoms with Gasteiger partial charge in [0, 0.05) is 0 Å². The lowest BCUT2D eigenvalue weighted by atomic mass is 9.97. The number of ether oxygens (including phenoxy) is 8. The van der Waals surface area contributed by atoms with Crippen LogP contribution in [0.1, 0.15) is 47.0 Å². The van der Waals surface area contributed by atoms with Gasteiger partial charge in [-0.05, 0) is 90.0 Å². The lowest BCUT2D eigenvalue weighted by Gasteiger charge is -2.44. The van der Waals surface area contributed by atoms with Gasteiger partial charge in [0.2, 0.25) is 23.4 Å². The molecule has 0 amide bonds. The summed E-state index contributed by atoms with van der Waals surface area (Å²) in [6.07, 6.45) is -5.51. The summed E-state index contributed by atoms with van der Waals surface area (Å²) in [5, 5.41) is -0.723. The van der Waals surface area contributed by atoms with E-state index in [1.807, 2.05) is 0 Å². The van der Waals surface area contributed by atoms with Crippen molar-refractivity contribution in [1.29, 1.82) is 0 Å². The predicted octanol–water partition coefficient (Wildman–Crippen LogP) is 7.12. The molecule has 0 spiro atoms. The maximum Gasteiger partial charge on any atom is 0.338 e. The van der Waals surface area contributed by atoms with Crippen LogP contribution in [0.5, 0.6) is 17.2 Å².